The van der Waals surface area contributed by atoms with Crippen LogP contribution in [0, 0.1) is 17.8 Å². The van der Waals surface area contributed by atoms with Crippen LogP contribution in [0.3, 0.4) is 0 Å². The summed E-state index contributed by atoms with van der Waals surface area (Å²) in [5, 5.41) is 27.6. The van der Waals surface area contributed by atoms with Crippen molar-refractivity contribution in [3.05, 3.63) is 11.6 Å². The van der Waals surface area contributed by atoms with Crippen LogP contribution < -0.4 is 10.6 Å². The molecule has 3 atom stereocenters. The molecule has 168 valence electrons. The van der Waals surface area contributed by atoms with Crippen molar-refractivity contribution in [3.63, 3.8) is 0 Å². The number of anilines is 1. The number of aromatic nitrogens is 1. The van der Waals surface area contributed by atoms with Crippen LogP contribution in [0.4, 0.5) is 5.13 Å². The Kier molecular flexibility index (Phi) is 9.67. The van der Waals surface area contributed by atoms with E-state index in [9.17, 15) is 24.7 Å². The SMILES string of the molecule is CC(C)[C@@H]([C@@H](CC1CCCCC1)C(=O)N[C@@H](CO)C(=O)Nc1nccs1)N(O)C=O. The molecule has 0 bridgehead atoms. The summed E-state index contributed by atoms with van der Waals surface area (Å²) < 4.78 is 0. The lowest BCUT2D eigenvalue weighted by molar-refractivity contribution is -0.174. The molecule has 0 aromatic carbocycles. The minimum absolute atomic E-state index is 0.184. The molecule has 30 heavy (non-hydrogen) atoms. The number of hydroxylamine groups is 2. The van der Waals surface area contributed by atoms with Gasteiger partial charge in [0.1, 0.15) is 6.04 Å². The molecule has 3 amide bonds. The summed E-state index contributed by atoms with van der Waals surface area (Å²) in [5.41, 5.74) is 0. The number of hydrogen-bond acceptors (Lipinski definition) is 7. The normalized spacial score (nSPS) is 17.8. The van der Waals surface area contributed by atoms with Crippen LogP contribution >= 0.6 is 11.3 Å². The molecule has 9 nitrogen and oxygen atoms in total. The number of carbonyl (C=O) groups excluding carboxylic acids is 3. The quantitative estimate of drug-likeness (QED) is 0.236. The minimum atomic E-state index is -1.16. The highest BCUT2D eigenvalue weighted by Gasteiger charge is 2.38. The molecule has 10 heteroatoms. The lowest BCUT2D eigenvalue weighted by Gasteiger charge is -2.36. The van der Waals surface area contributed by atoms with Crippen LogP contribution in [-0.2, 0) is 14.4 Å². The average Bonchev–Trinajstić information content (AvgIpc) is 3.24. The summed E-state index contributed by atoms with van der Waals surface area (Å²) in [7, 11) is 0. The molecule has 1 heterocycles. The molecular formula is C20H32N4O5S. The topological polar surface area (TPSA) is 132 Å². The maximum Gasteiger partial charge on any atom is 0.251 e. The molecule has 1 aliphatic rings. The fourth-order valence-corrected chi connectivity index (χ4v) is 4.69. The first-order valence-corrected chi connectivity index (χ1v) is 11.3. The van der Waals surface area contributed by atoms with Gasteiger partial charge in [-0.3, -0.25) is 19.6 Å². The Morgan fingerprint density at radius 3 is 2.53 bits per heavy atom. The van der Waals surface area contributed by atoms with Crippen LogP contribution in [0.15, 0.2) is 11.6 Å². The first-order chi connectivity index (χ1) is 14.4. The largest absolute Gasteiger partial charge is 0.394 e. The number of amides is 3. The minimum Gasteiger partial charge on any atom is -0.394 e. The van der Waals surface area contributed by atoms with Gasteiger partial charge in [-0.15, -0.1) is 11.3 Å². The zero-order valence-electron chi connectivity index (χ0n) is 17.5. The van der Waals surface area contributed by atoms with Crippen molar-refractivity contribution in [3.8, 4) is 0 Å². The van der Waals surface area contributed by atoms with Crippen LogP contribution in [0.25, 0.3) is 0 Å². The van der Waals surface area contributed by atoms with E-state index in [1.54, 1.807) is 5.38 Å². The van der Waals surface area contributed by atoms with Gasteiger partial charge >= 0.3 is 0 Å². The van der Waals surface area contributed by atoms with Crippen molar-refractivity contribution in [2.24, 2.45) is 17.8 Å². The van der Waals surface area contributed by atoms with Gasteiger partial charge in [-0.05, 0) is 18.3 Å². The molecule has 0 unspecified atom stereocenters. The van der Waals surface area contributed by atoms with E-state index in [4.69, 9.17) is 0 Å². The van der Waals surface area contributed by atoms with Gasteiger partial charge in [-0.2, -0.15) is 0 Å². The van der Waals surface area contributed by atoms with Gasteiger partial charge in [0.15, 0.2) is 5.13 Å². The third-order valence-electron chi connectivity index (χ3n) is 5.64. The van der Waals surface area contributed by atoms with Gasteiger partial charge in [0.2, 0.25) is 12.3 Å². The Morgan fingerprint density at radius 1 is 1.30 bits per heavy atom. The van der Waals surface area contributed by atoms with Gasteiger partial charge in [-0.1, -0.05) is 46.0 Å². The molecule has 0 aliphatic heterocycles. The number of aliphatic hydroxyl groups is 1. The van der Waals surface area contributed by atoms with E-state index >= 15 is 0 Å². The third-order valence-corrected chi connectivity index (χ3v) is 6.32. The van der Waals surface area contributed by atoms with Crippen molar-refractivity contribution in [2.75, 3.05) is 11.9 Å². The van der Waals surface area contributed by atoms with E-state index in [1.165, 1.54) is 24.0 Å². The summed E-state index contributed by atoms with van der Waals surface area (Å²) in [6.07, 6.45) is 7.70. The first kappa shape index (κ1) is 24.2. The zero-order valence-corrected chi connectivity index (χ0v) is 18.3. The number of rotatable bonds is 11. The van der Waals surface area contributed by atoms with E-state index in [2.05, 4.69) is 15.6 Å². The van der Waals surface area contributed by atoms with Crippen molar-refractivity contribution >= 4 is 34.7 Å². The number of nitrogens with zero attached hydrogens (tertiary/aromatic N) is 2. The molecular weight excluding hydrogens is 408 g/mol. The highest BCUT2D eigenvalue weighted by molar-refractivity contribution is 7.13. The summed E-state index contributed by atoms with van der Waals surface area (Å²) in [6, 6.07) is -1.89. The van der Waals surface area contributed by atoms with Gasteiger partial charge in [0.25, 0.3) is 5.91 Å². The van der Waals surface area contributed by atoms with Gasteiger partial charge in [0.05, 0.1) is 18.6 Å². The second-order valence-corrected chi connectivity index (χ2v) is 9.03. The Labute approximate surface area is 180 Å². The number of hydrogen-bond donors (Lipinski definition) is 4. The second kappa shape index (κ2) is 12.0. The zero-order chi connectivity index (χ0) is 22.1. The van der Waals surface area contributed by atoms with Crippen LogP contribution in [-0.4, -0.2) is 57.3 Å². The van der Waals surface area contributed by atoms with Crippen molar-refractivity contribution in [1.29, 1.82) is 0 Å². The molecule has 0 spiro atoms. The van der Waals surface area contributed by atoms with Crippen molar-refractivity contribution in [1.82, 2.24) is 15.4 Å². The fraction of sp³-hybridized carbons (Fsp3) is 0.700. The molecule has 1 aromatic rings. The fourth-order valence-electron chi connectivity index (χ4n) is 4.16. The number of nitrogens with one attached hydrogen (secondary N) is 2. The van der Waals surface area contributed by atoms with Crippen molar-refractivity contribution in [2.45, 2.75) is 64.5 Å². The van der Waals surface area contributed by atoms with E-state index in [0.29, 0.717) is 28.9 Å². The second-order valence-electron chi connectivity index (χ2n) is 8.14. The monoisotopic (exact) mass is 440 g/mol. The van der Waals surface area contributed by atoms with E-state index in [0.717, 1.165) is 25.7 Å². The summed E-state index contributed by atoms with van der Waals surface area (Å²) in [6.45, 7) is 3.08. The summed E-state index contributed by atoms with van der Waals surface area (Å²) in [4.78, 5) is 40.9. The molecule has 2 rings (SSSR count). The number of aliphatic hydroxyl groups excluding tert-OH is 1. The van der Waals surface area contributed by atoms with Crippen LogP contribution in [0.2, 0.25) is 0 Å². The first-order valence-electron chi connectivity index (χ1n) is 10.4. The van der Waals surface area contributed by atoms with E-state index < -0.39 is 36.4 Å². The number of carbonyl (C=O) groups is 3. The Balaban J connectivity index is 2.16. The molecule has 1 aromatic heterocycles. The molecule has 0 saturated heterocycles. The maximum atomic E-state index is 13.2. The molecule has 0 radical (unpaired) electrons. The summed E-state index contributed by atoms with van der Waals surface area (Å²) in [5.74, 6) is -1.61. The third kappa shape index (κ3) is 6.75. The molecule has 1 aliphatic carbocycles. The average molecular weight is 441 g/mol. The molecule has 1 fully saturated rings. The Bertz CT molecular complexity index is 679. The Morgan fingerprint density at radius 2 is 2.00 bits per heavy atom. The number of thiazole rings is 1. The highest BCUT2D eigenvalue weighted by Crippen LogP contribution is 2.33. The molecule has 1 saturated carbocycles. The maximum absolute atomic E-state index is 13.2. The van der Waals surface area contributed by atoms with Crippen LogP contribution in [0.5, 0.6) is 0 Å². The van der Waals surface area contributed by atoms with Crippen molar-refractivity contribution < 1.29 is 24.7 Å². The molecule has 4 N–H and O–H groups in total. The highest BCUT2D eigenvalue weighted by atomic mass is 32.1. The lowest BCUT2D eigenvalue weighted by atomic mass is 9.77. The van der Waals surface area contributed by atoms with Gasteiger partial charge in [-0.25, -0.2) is 10.0 Å². The Hall–Kier alpha value is -2.04. The van der Waals surface area contributed by atoms with Gasteiger partial charge in [0, 0.05) is 11.6 Å². The van der Waals surface area contributed by atoms with Crippen LogP contribution in [0.1, 0.15) is 52.4 Å². The smallest absolute Gasteiger partial charge is 0.251 e. The lowest BCUT2D eigenvalue weighted by Crippen LogP contribution is -2.53. The standard InChI is InChI=1S/C20H32N4O5S/c1-13(2)17(24(29)12-26)15(10-14-6-4-3-5-7-14)18(27)22-16(11-25)19(28)23-20-21-8-9-30-20/h8-9,12-17,25,29H,3-7,10-11H2,1-2H3,(H,22,27)(H,21,23,28)/t15-,16+,17+/m1/s1. The predicted octanol–water partition coefficient (Wildman–Crippen LogP) is 2.02. The van der Waals surface area contributed by atoms with E-state index in [1.807, 2.05) is 13.8 Å². The van der Waals surface area contributed by atoms with E-state index in [-0.39, 0.29) is 5.92 Å². The summed E-state index contributed by atoms with van der Waals surface area (Å²) >= 11 is 1.23. The van der Waals surface area contributed by atoms with Gasteiger partial charge < -0.3 is 15.7 Å². The predicted molar refractivity (Wildman–Crippen MR) is 113 cm³/mol.